The molecule has 0 aliphatic heterocycles. The maximum atomic E-state index is 11.4. The molecule has 0 bridgehead atoms. The Morgan fingerprint density at radius 3 is 2.26 bits per heavy atom. The third kappa shape index (κ3) is 9.98. The average molecular weight is 479 g/mol. The fraction of sp³-hybridized carbons (Fsp3) is 0.767. The number of methoxy groups -OCH3 is 1. The number of carbonyl (C=O) groups is 1. The minimum absolute atomic E-state index is 0.0513. The lowest BCUT2D eigenvalue weighted by atomic mass is 9.73. The first kappa shape index (κ1) is 32.5. The Morgan fingerprint density at radius 2 is 1.62 bits per heavy atom. The van der Waals surface area contributed by atoms with Gasteiger partial charge in [-0.25, -0.2) is 4.79 Å². The van der Waals surface area contributed by atoms with E-state index in [2.05, 4.69) is 17.7 Å². The Balaban J connectivity index is 0.00000168. The molecule has 0 amide bonds. The zero-order valence-corrected chi connectivity index (χ0v) is 23.5. The van der Waals surface area contributed by atoms with Crippen LogP contribution in [0.15, 0.2) is 18.2 Å². The topological polar surface area (TPSA) is 55.8 Å². The Bertz CT molecular complexity index is 643. The summed E-state index contributed by atoms with van der Waals surface area (Å²) in [6.45, 7) is 14.2. The molecule has 1 saturated carbocycles. The fourth-order valence-electron chi connectivity index (χ4n) is 5.30. The number of hydrogen-bond donors (Lipinski definition) is 1. The van der Waals surface area contributed by atoms with Gasteiger partial charge in [0.1, 0.15) is 5.75 Å². The summed E-state index contributed by atoms with van der Waals surface area (Å²) in [5, 5.41) is 10.7. The largest absolute Gasteiger partial charge is 0.482 e. The molecular formula is C30H54O4. The molecule has 4 nitrogen and oxygen atoms in total. The highest BCUT2D eigenvalue weighted by Crippen LogP contribution is 2.48. The molecule has 1 N–H and O–H groups in total. The number of fused-ring (bicyclic) bond motifs is 2. The Labute approximate surface area is 210 Å². The molecule has 3 unspecified atom stereocenters. The van der Waals surface area contributed by atoms with Crippen molar-refractivity contribution in [3.63, 3.8) is 0 Å². The Morgan fingerprint density at radius 1 is 0.971 bits per heavy atom. The first-order valence-electron chi connectivity index (χ1n) is 14.1. The summed E-state index contributed by atoms with van der Waals surface area (Å²) < 4.78 is 10.4. The molecule has 1 aromatic rings. The standard InChI is InChI=1S/C24H36O4.3C2H6/c1-3-4-5-6-7-8-11-19-20-13-17-10-9-12-23(28-16-24(26)27-2)21(17)14-18(20)15-22(19)25;3*1-2/h9-10,12,18-20,22,25H,3-8,11,13-16H2,1-2H3;3*1-2H3/t18?,19?,20?,22-;;;/m1.../s1. The van der Waals surface area contributed by atoms with Gasteiger partial charge >= 0.3 is 5.97 Å². The molecule has 0 radical (unpaired) electrons. The van der Waals surface area contributed by atoms with E-state index >= 15 is 0 Å². The van der Waals surface area contributed by atoms with E-state index < -0.39 is 0 Å². The number of aliphatic hydroxyl groups is 1. The van der Waals surface area contributed by atoms with Crippen LogP contribution in [0.5, 0.6) is 5.75 Å². The first-order chi connectivity index (χ1) is 16.6. The van der Waals surface area contributed by atoms with Gasteiger partial charge in [-0.3, -0.25) is 0 Å². The van der Waals surface area contributed by atoms with Gasteiger partial charge in [0.05, 0.1) is 13.2 Å². The summed E-state index contributed by atoms with van der Waals surface area (Å²) in [6, 6.07) is 6.14. The van der Waals surface area contributed by atoms with Crippen LogP contribution in [0.25, 0.3) is 0 Å². The van der Waals surface area contributed by atoms with Crippen LogP contribution >= 0.6 is 0 Å². The van der Waals surface area contributed by atoms with Crippen molar-refractivity contribution in [2.45, 2.75) is 119 Å². The highest BCUT2D eigenvalue weighted by molar-refractivity contribution is 5.71. The van der Waals surface area contributed by atoms with Gasteiger partial charge in [-0.2, -0.15) is 0 Å². The highest BCUT2D eigenvalue weighted by atomic mass is 16.6. The highest BCUT2D eigenvalue weighted by Gasteiger charge is 2.44. The molecule has 34 heavy (non-hydrogen) atoms. The van der Waals surface area contributed by atoms with E-state index in [1.165, 1.54) is 56.8 Å². The molecule has 0 heterocycles. The van der Waals surface area contributed by atoms with Gasteiger partial charge in [0.2, 0.25) is 0 Å². The molecule has 4 atom stereocenters. The van der Waals surface area contributed by atoms with E-state index in [-0.39, 0.29) is 18.7 Å². The van der Waals surface area contributed by atoms with Crippen molar-refractivity contribution in [1.29, 1.82) is 0 Å². The Hall–Kier alpha value is -1.55. The second-order valence-electron chi connectivity index (χ2n) is 8.61. The minimum Gasteiger partial charge on any atom is -0.482 e. The van der Waals surface area contributed by atoms with Gasteiger partial charge in [0.15, 0.2) is 6.61 Å². The summed E-state index contributed by atoms with van der Waals surface area (Å²) in [5.74, 6) is 1.98. The predicted octanol–water partition coefficient (Wildman–Crippen LogP) is 7.78. The van der Waals surface area contributed by atoms with Gasteiger partial charge in [-0.1, -0.05) is 99.1 Å². The van der Waals surface area contributed by atoms with Crippen LogP contribution in [0.3, 0.4) is 0 Å². The van der Waals surface area contributed by atoms with Crippen LogP contribution in [0.2, 0.25) is 0 Å². The SMILES string of the molecule is CC.CC.CC.CCCCCCCCC1C2Cc3cccc(OCC(=O)OC)c3CC2C[C@H]1O. The summed E-state index contributed by atoms with van der Waals surface area (Å²) >= 11 is 0. The number of ether oxygens (including phenoxy) is 2. The van der Waals surface area contributed by atoms with E-state index in [9.17, 15) is 9.90 Å². The van der Waals surface area contributed by atoms with E-state index in [0.29, 0.717) is 17.8 Å². The fourth-order valence-corrected chi connectivity index (χ4v) is 5.30. The molecule has 0 spiro atoms. The van der Waals surface area contributed by atoms with Crippen molar-refractivity contribution in [1.82, 2.24) is 0 Å². The Kier molecular flexibility index (Phi) is 18.8. The lowest BCUT2D eigenvalue weighted by molar-refractivity contribution is -0.142. The minimum atomic E-state index is -0.360. The molecule has 0 saturated heterocycles. The zero-order chi connectivity index (χ0) is 25.9. The summed E-state index contributed by atoms with van der Waals surface area (Å²) in [7, 11) is 1.38. The van der Waals surface area contributed by atoms with E-state index in [0.717, 1.165) is 31.4 Å². The number of benzene rings is 1. The second kappa shape index (κ2) is 19.7. The van der Waals surface area contributed by atoms with E-state index in [4.69, 9.17) is 4.74 Å². The monoisotopic (exact) mass is 478 g/mol. The van der Waals surface area contributed by atoms with Crippen molar-refractivity contribution in [3.8, 4) is 5.75 Å². The number of hydrogen-bond acceptors (Lipinski definition) is 4. The molecule has 4 heteroatoms. The molecular weight excluding hydrogens is 424 g/mol. The van der Waals surface area contributed by atoms with Crippen LogP contribution in [0.4, 0.5) is 0 Å². The lowest BCUT2D eigenvalue weighted by Gasteiger charge is -2.32. The van der Waals surface area contributed by atoms with Crippen LogP contribution in [0.1, 0.15) is 111 Å². The van der Waals surface area contributed by atoms with E-state index in [1.54, 1.807) is 0 Å². The predicted molar refractivity (Wildman–Crippen MR) is 144 cm³/mol. The molecule has 0 aromatic heterocycles. The van der Waals surface area contributed by atoms with Crippen LogP contribution in [-0.2, 0) is 22.4 Å². The van der Waals surface area contributed by atoms with Crippen molar-refractivity contribution >= 4 is 5.97 Å². The molecule has 2 aliphatic rings. The molecule has 2 aliphatic carbocycles. The van der Waals surface area contributed by atoms with Gasteiger partial charge in [0.25, 0.3) is 0 Å². The lowest BCUT2D eigenvalue weighted by Crippen LogP contribution is -2.27. The molecule has 198 valence electrons. The number of rotatable bonds is 10. The normalized spacial score (nSPS) is 21.8. The number of carbonyl (C=O) groups excluding carboxylic acids is 1. The smallest absolute Gasteiger partial charge is 0.343 e. The van der Waals surface area contributed by atoms with E-state index in [1.807, 2.05) is 53.7 Å². The van der Waals surface area contributed by atoms with Gasteiger partial charge in [-0.15, -0.1) is 0 Å². The van der Waals surface area contributed by atoms with Crippen LogP contribution in [-0.4, -0.2) is 30.9 Å². The number of esters is 1. The van der Waals surface area contributed by atoms with Gasteiger partial charge in [0, 0.05) is 0 Å². The molecule has 3 rings (SSSR count). The van der Waals surface area contributed by atoms with Crippen molar-refractivity contribution in [3.05, 3.63) is 29.3 Å². The summed E-state index contributed by atoms with van der Waals surface area (Å²) in [4.78, 5) is 11.4. The molecule has 1 fully saturated rings. The van der Waals surface area contributed by atoms with Crippen molar-refractivity contribution in [2.75, 3.05) is 13.7 Å². The van der Waals surface area contributed by atoms with Crippen molar-refractivity contribution < 1.29 is 19.4 Å². The first-order valence-corrected chi connectivity index (χ1v) is 14.1. The zero-order valence-electron chi connectivity index (χ0n) is 23.5. The third-order valence-corrected chi connectivity index (χ3v) is 6.81. The summed E-state index contributed by atoms with van der Waals surface area (Å²) in [5.41, 5.74) is 2.55. The van der Waals surface area contributed by atoms with Crippen LogP contribution in [0, 0.1) is 17.8 Å². The van der Waals surface area contributed by atoms with Crippen molar-refractivity contribution in [2.24, 2.45) is 17.8 Å². The summed E-state index contributed by atoms with van der Waals surface area (Å²) in [6.07, 6.45) is 11.7. The number of unbranched alkanes of at least 4 members (excludes halogenated alkanes) is 5. The average Bonchev–Trinajstić information content (AvgIpc) is 3.20. The van der Waals surface area contributed by atoms with Gasteiger partial charge < -0.3 is 14.6 Å². The quantitative estimate of drug-likeness (QED) is 0.275. The second-order valence-corrected chi connectivity index (χ2v) is 8.61. The van der Waals surface area contributed by atoms with Gasteiger partial charge in [-0.05, 0) is 60.6 Å². The number of aliphatic hydroxyl groups excluding tert-OH is 1. The maximum Gasteiger partial charge on any atom is 0.343 e. The maximum absolute atomic E-state index is 11.4. The third-order valence-electron chi connectivity index (χ3n) is 6.81. The molecule has 1 aromatic carbocycles. The van der Waals surface area contributed by atoms with Crippen LogP contribution < -0.4 is 4.74 Å².